The highest BCUT2D eigenvalue weighted by molar-refractivity contribution is 5.76. The van der Waals surface area contributed by atoms with Gasteiger partial charge in [0.15, 0.2) is 0 Å². The molecular weight excluding hydrogens is 270 g/mol. The van der Waals surface area contributed by atoms with E-state index < -0.39 is 0 Å². The van der Waals surface area contributed by atoms with Crippen molar-refractivity contribution in [1.82, 2.24) is 15.1 Å². The Labute approximate surface area is 126 Å². The van der Waals surface area contributed by atoms with Crippen LogP contribution in [0.2, 0.25) is 0 Å². The predicted octanol–water partition coefficient (Wildman–Crippen LogP) is 2.17. The number of carbonyl (C=O) groups excluding carboxylic acids is 2. The van der Waals surface area contributed by atoms with Crippen molar-refractivity contribution >= 4 is 12.1 Å². The van der Waals surface area contributed by atoms with Crippen molar-refractivity contribution in [2.75, 3.05) is 33.3 Å². The number of amides is 3. The fourth-order valence-electron chi connectivity index (χ4n) is 2.99. The number of nitrogens with one attached hydrogen (secondary N) is 1. The first kappa shape index (κ1) is 15.7. The molecule has 0 unspecified atom stereocenters. The SMILES string of the molecule is COC(=O)N1CCN(C(=O)N/C=C(\C)C2CCCC2)CC1. The summed E-state index contributed by atoms with van der Waals surface area (Å²) < 4.78 is 4.68. The van der Waals surface area contributed by atoms with Crippen LogP contribution >= 0.6 is 0 Å². The van der Waals surface area contributed by atoms with Gasteiger partial charge in [0.2, 0.25) is 0 Å². The second kappa shape index (κ2) is 7.33. The number of ether oxygens (including phenoxy) is 1. The Balaban J connectivity index is 1.77. The maximum Gasteiger partial charge on any atom is 0.409 e. The second-order valence-corrected chi connectivity index (χ2v) is 5.76. The molecule has 1 aliphatic carbocycles. The van der Waals surface area contributed by atoms with Gasteiger partial charge in [-0.15, -0.1) is 0 Å². The van der Waals surface area contributed by atoms with E-state index in [4.69, 9.17) is 0 Å². The number of methoxy groups -OCH3 is 1. The van der Waals surface area contributed by atoms with Crippen LogP contribution in [0.3, 0.4) is 0 Å². The number of allylic oxidation sites excluding steroid dienone is 1. The molecular formula is C15H25N3O3. The normalized spacial score (nSPS) is 20.6. The highest BCUT2D eigenvalue weighted by Gasteiger charge is 2.24. The molecule has 2 aliphatic rings. The minimum Gasteiger partial charge on any atom is -0.453 e. The molecule has 1 N–H and O–H groups in total. The topological polar surface area (TPSA) is 61.9 Å². The molecule has 0 aromatic carbocycles. The Hall–Kier alpha value is -1.72. The lowest BCUT2D eigenvalue weighted by Gasteiger charge is -2.33. The molecule has 3 amide bonds. The summed E-state index contributed by atoms with van der Waals surface area (Å²) in [6.45, 7) is 4.21. The van der Waals surface area contributed by atoms with Crippen LogP contribution in [-0.2, 0) is 4.74 Å². The van der Waals surface area contributed by atoms with Crippen LogP contribution < -0.4 is 5.32 Å². The lowest BCUT2D eigenvalue weighted by atomic mass is 10.0. The lowest BCUT2D eigenvalue weighted by molar-refractivity contribution is 0.0976. The highest BCUT2D eigenvalue weighted by Crippen LogP contribution is 2.30. The van der Waals surface area contributed by atoms with E-state index in [9.17, 15) is 9.59 Å². The van der Waals surface area contributed by atoms with Gasteiger partial charge in [0, 0.05) is 32.4 Å². The maximum atomic E-state index is 12.1. The molecule has 0 aromatic rings. The molecule has 0 aromatic heterocycles. The van der Waals surface area contributed by atoms with Crippen molar-refractivity contribution in [2.24, 2.45) is 5.92 Å². The molecule has 1 saturated carbocycles. The molecule has 1 aliphatic heterocycles. The van der Waals surface area contributed by atoms with E-state index in [2.05, 4.69) is 17.0 Å². The average Bonchev–Trinajstić information content (AvgIpc) is 3.06. The summed E-state index contributed by atoms with van der Waals surface area (Å²) in [7, 11) is 1.37. The molecule has 0 atom stereocenters. The summed E-state index contributed by atoms with van der Waals surface area (Å²) in [5, 5.41) is 2.88. The molecule has 6 heteroatoms. The zero-order chi connectivity index (χ0) is 15.2. The lowest BCUT2D eigenvalue weighted by Crippen LogP contribution is -2.52. The van der Waals surface area contributed by atoms with Crippen molar-refractivity contribution in [2.45, 2.75) is 32.6 Å². The third-order valence-corrected chi connectivity index (χ3v) is 4.42. The van der Waals surface area contributed by atoms with Crippen LogP contribution in [0.5, 0.6) is 0 Å². The van der Waals surface area contributed by atoms with Crippen molar-refractivity contribution < 1.29 is 14.3 Å². The summed E-state index contributed by atoms with van der Waals surface area (Å²) in [5.41, 5.74) is 1.26. The van der Waals surface area contributed by atoms with Crippen molar-refractivity contribution in [3.05, 3.63) is 11.8 Å². The van der Waals surface area contributed by atoms with Gasteiger partial charge in [-0.2, -0.15) is 0 Å². The number of rotatable bonds is 2. The Morgan fingerprint density at radius 1 is 1.10 bits per heavy atom. The van der Waals surface area contributed by atoms with Crippen molar-refractivity contribution in [1.29, 1.82) is 0 Å². The van der Waals surface area contributed by atoms with E-state index in [1.165, 1.54) is 38.4 Å². The predicted molar refractivity (Wildman–Crippen MR) is 79.8 cm³/mol. The maximum absolute atomic E-state index is 12.1. The third kappa shape index (κ3) is 4.12. The first-order valence-electron chi connectivity index (χ1n) is 7.67. The van der Waals surface area contributed by atoms with Crippen LogP contribution in [0, 0.1) is 5.92 Å². The minimum atomic E-state index is -0.327. The van der Waals surface area contributed by atoms with Gasteiger partial charge in [-0.1, -0.05) is 18.4 Å². The molecule has 118 valence electrons. The standard InChI is InChI=1S/C15H25N3O3/c1-12(13-5-3-4-6-13)11-16-14(19)17-7-9-18(10-8-17)15(20)21-2/h11,13H,3-10H2,1-2H3,(H,16,19)/b12-11+. The molecule has 0 spiro atoms. The second-order valence-electron chi connectivity index (χ2n) is 5.76. The fraction of sp³-hybridized carbons (Fsp3) is 0.733. The third-order valence-electron chi connectivity index (χ3n) is 4.42. The van der Waals surface area contributed by atoms with Gasteiger partial charge in [0.05, 0.1) is 7.11 Å². The quantitative estimate of drug-likeness (QED) is 0.849. The molecule has 6 nitrogen and oxygen atoms in total. The Bertz CT molecular complexity index is 408. The van der Waals surface area contributed by atoms with Gasteiger partial charge in [0.25, 0.3) is 0 Å². The molecule has 0 radical (unpaired) electrons. The monoisotopic (exact) mass is 295 g/mol. The number of nitrogens with zero attached hydrogens (tertiary/aromatic N) is 2. The van der Waals surface area contributed by atoms with Crippen LogP contribution in [0.15, 0.2) is 11.8 Å². The summed E-state index contributed by atoms with van der Waals surface area (Å²) in [6, 6.07) is -0.0862. The van der Waals surface area contributed by atoms with Crippen LogP contribution in [0.4, 0.5) is 9.59 Å². The van der Waals surface area contributed by atoms with Gasteiger partial charge >= 0.3 is 12.1 Å². The largest absolute Gasteiger partial charge is 0.453 e. The first-order valence-corrected chi connectivity index (χ1v) is 7.67. The molecule has 2 fully saturated rings. The van der Waals surface area contributed by atoms with Gasteiger partial charge < -0.3 is 19.9 Å². The zero-order valence-corrected chi connectivity index (χ0v) is 12.9. The smallest absolute Gasteiger partial charge is 0.409 e. The summed E-state index contributed by atoms with van der Waals surface area (Å²) in [4.78, 5) is 26.8. The van der Waals surface area contributed by atoms with E-state index in [1.54, 1.807) is 9.80 Å². The Kier molecular flexibility index (Phi) is 5.47. The van der Waals surface area contributed by atoms with Crippen molar-refractivity contribution in [3.63, 3.8) is 0 Å². The minimum absolute atomic E-state index is 0.0862. The van der Waals surface area contributed by atoms with E-state index in [-0.39, 0.29) is 12.1 Å². The van der Waals surface area contributed by atoms with Gasteiger partial charge in [0.1, 0.15) is 0 Å². The molecule has 1 saturated heterocycles. The molecule has 21 heavy (non-hydrogen) atoms. The van der Waals surface area contributed by atoms with E-state index >= 15 is 0 Å². The van der Waals surface area contributed by atoms with Crippen molar-refractivity contribution in [3.8, 4) is 0 Å². The molecule has 2 rings (SSSR count). The average molecular weight is 295 g/mol. The zero-order valence-electron chi connectivity index (χ0n) is 12.9. The first-order chi connectivity index (χ1) is 10.1. The van der Waals surface area contributed by atoms with Crippen LogP contribution in [0.1, 0.15) is 32.6 Å². The van der Waals surface area contributed by atoms with Gasteiger partial charge in [-0.3, -0.25) is 0 Å². The Morgan fingerprint density at radius 3 is 2.24 bits per heavy atom. The number of carbonyl (C=O) groups is 2. The molecule has 0 bridgehead atoms. The number of hydrogen-bond acceptors (Lipinski definition) is 3. The summed E-state index contributed by atoms with van der Waals surface area (Å²) in [6.07, 6.45) is 6.57. The number of hydrogen-bond donors (Lipinski definition) is 1. The van der Waals surface area contributed by atoms with E-state index in [1.807, 2.05) is 6.20 Å². The Morgan fingerprint density at radius 2 is 1.67 bits per heavy atom. The van der Waals surface area contributed by atoms with Crippen LogP contribution in [0.25, 0.3) is 0 Å². The van der Waals surface area contributed by atoms with Gasteiger partial charge in [-0.05, 0) is 25.7 Å². The number of urea groups is 1. The van der Waals surface area contributed by atoms with Crippen LogP contribution in [-0.4, -0.2) is 55.2 Å². The van der Waals surface area contributed by atoms with Gasteiger partial charge in [-0.25, -0.2) is 9.59 Å². The number of piperazine rings is 1. The highest BCUT2D eigenvalue weighted by atomic mass is 16.5. The summed E-state index contributed by atoms with van der Waals surface area (Å²) in [5.74, 6) is 0.626. The van der Waals surface area contributed by atoms with E-state index in [0.717, 1.165) is 0 Å². The fourth-order valence-corrected chi connectivity index (χ4v) is 2.99. The molecule has 1 heterocycles. The summed E-state index contributed by atoms with van der Waals surface area (Å²) >= 11 is 0. The van der Waals surface area contributed by atoms with E-state index in [0.29, 0.717) is 32.1 Å².